The Balaban J connectivity index is 1.87. The van der Waals surface area contributed by atoms with Gasteiger partial charge in [0.2, 0.25) is 0 Å². The average molecular weight is 602 g/mol. The van der Waals surface area contributed by atoms with Gasteiger partial charge in [-0.05, 0) is 60.7 Å². The Bertz CT molecular complexity index is 1660. The molecule has 1 atom stereocenters. The smallest absolute Gasteiger partial charge is 0.338 e. The van der Waals surface area contributed by atoms with E-state index in [2.05, 4.69) is 25.4 Å². The maximum Gasteiger partial charge on any atom is 0.338 e. The number of thiazole rings is 1. The van der Waals surface area contributed by atoms with E-state index < -0.39 is 12.0 Å². The lowest BCUT2D eigenvalue weighted by molar-refractivity contribution is -0.138. The molecule has 1 aliphatic heterocycles. The van der Waals surface area contributed by atoms with Crippen molar-refractivity contribution in [3.63, 3.8) is 0 Å². The Labute approximate surface area is 246 Å². The van der Waals surface area contributed by atoms with Crippen LogP contribution in [0.2, 0.25) is 10.0 Å². The number of aromatic nitrogens is 1. The van der Waals surface area contributed by atoms with Crippen LogP contribution in [0.4, 0.5) is 0 Å². The first-order valence-corrected chi connectivity index (χ1v) is 14.3. The van der Waals surface area contributed by atoms with E-state index in [1.807, 2.05) is 6.07 Å². The SMILES string of the molecule is C=CCOC(=O)C1=C(C)N=c2s/c(=C\c3ccc(Cl)c(Cl)c3)c(=O)n2C1c1ccc(OCCC(C)C)c(OC)c1. The molecule has 2 heterocycles. The van der Waals surface area contributed by atoms with E-state index >= 15 is 0 Å². The number of hydrogen-bond acceptors (Lipinski definition) is 7. The Kier molecular flexibility index (Phi) is 9.56. The van der Waals surface area contributed by atoms with E-state index in [1.54, 1.807) is 50.4 Å². The van der Waals surface area contributed by atoms with Crippen LogP contribution >= 0.6 is 34.5 Å². The fourth-order valence-electron chi connectivity index (χ4n) is 4.24. The highest BCUT2D eigenvalue weighted by molar-refractivity contribution is 7.07. The van der Waals surface area contributed by atoms with Crippen LogP contribution in [-0.2, 0) is 9.53 Å². The summed E-state index contributed by atoms with van der Waals surface area (Å²) >= 11 is 13.5. The second kappa shape index (κ2) is 12.9. The van der Waals surface area contributed by atoms with Crippen LogP contribution in [0.15, 0.2) is 70.1 Å². The number of rotatable bonds is 10. The zero-order chi connectivity index (χ0) is 29.0. The number of carbonyl (C=O) groups excluding carboxylic acids is 1. The lowest BCUT2D eigenvalue weighted by atomic mass is 9.95. The molecule has 40 heavy (non-hydrogen) atoms. The molecular formula is C30H30Cl2N2O5S. The van der Waals surface area contributed by atoms with Gasteiger partial charge in [0.15, 0.2) is 16.3 Å². The van der Waals surface area contributed by atoms with Gasteiger partial charge in [0.1, 0.15) is 6.61 Å². The third-order valence-electron chi connectivity index (χ3n) is 6.27. The van der Waals surface area contributed by atoms with Gasteiger partial charge in [-0.15, -0.1) is 0 Å². The normalized spacial score (nSPS) is 15.1. The summed E-state index contributed by atoms with van der Waals surface area (Å²) < 4.78 is 19.0. The average Bonchev–Trinajstić information content (AvgIpc) is 3.22. The van der Waals surface area contributed by atoms with Crippen molar-refractivity contribution in [2.24, 2.45) is 10.9 Å². The molecule has 0 aliphatic carbocycles. The number of fused-ring (bicyclic) bond motifs is 1. The summed E-state index contributed by atoms with van der Waals surface area (Å²) in [6.45, 7) is 10.2. The molecule has 1 aliphatic rings. The van der Waals surface area contributed by atoms with Gasteiger partial charge in [-0.1, -0.05) is 73.2 Å². The summed E-state index contributed by atoms with van der Waals surface area (Å²) in [5, 5.41) is 0.802. The van der Waals surface area contributed by atoms with Crippen LogP contribution in [0.5, 0.6) is 11.5 Å². The van der Waals surface area contributed by atoms with Crippen molar-refractivity contribution in [1.29, 1.82) is 0 Å². The van der Waals surface area contributed by atoms with Gasteiger partial charge in [-0.2, -0.15) is 0 Å². The highest BCUT2D eigenvalue weighted by Gasteiger charge is 2.34. The lowest BCUT2D eigenvalue weighted by Crippen LogP contribution is -2.40. The molecule has 0 radical (unpaired) electrons. The maximum absolute atomic E-state index is 13.8. The second-order valence-electron chi connectivity index (χ2n) is 9.58. The van der Waals surface area contributed by atoms with Crippen molar-refractivity contribution >= 4 is 46.6 Å². The minimum atomic E-state index is -0.803. The van der Waals surface area contributed by atoms with Crippen LogP contribution < -0.4 is 24.4 Å². The van der Waals surface area contributed by atoms with E-state index in [0.29, 0.717) is 60.2 Å². The number of benzene rings is 2. The standard InChI is InChI=1S/C30H30Cl2N2O5S/c1-6-12-39-29(36)26-18(4)33-30-34(28(35)25(40-30)15-19-7-9-21(31)22(32)14-19)27(26)20-8-10-23(24(16-20)37-5)38-13-11-17(2)3/h6-10,14-17,27H,1,11-13H2,2-5H3/b25-15-. The van der Waals surface area contributed by atoms with Crippen molar-refractivity contribution in [3.05, 3.63) is 101 Å². The molecule has 0 saturated carbocycles. The summed E-state index contributed by atoms with van der Waals surface area (Å²) in [6.07, 6.45) is 4.11. The largest absolute Gasteiger partial charge is 0.493 e. The first-order chi connectivity index (χ1) is 19.1. The Morgan fingerprint density at radius 3 is 2.62 bits per heavy atom. The van der Waals surface area contributed by atoms with Gasteiger partial charge in [0.05, 0.1) is 45.6 Å². The molecule has 10 heteroatoms. The number of esters is 1. The summed E-state index contributed by atoms with van der Waals surface area (Å²) in [6, 6.07) is 9.73. The van der Waals surface area contributed by atoms with Crippen molar-refractivity contribution in [1.82, 2.24) is 4.57 Å². The molecule has 0 bridgehead atoms. The number of ether oxygens (including phenoxy) is 3. The third kappa shape index (κ3) is 6.35. The molecule has 1 unspecified atom stereocenters. The molecule has 0 spiro atoms. The zero-order valence-electron chi connectivity index (χ0n) is 22.7. The van der Waals surface area contributed by atoms with E-state index in [1.165, 1.54) is 22.0 Å². The molecule has 2 aromatic carbocycles. The van der Waals surface area contributed by atoms with Crippen LogP contribution in [0.3, 0.4) is 0 Å². The highest BCUT2D eigenvalue weighted by Crippen LogP contribution is 2.36. The van der Waals surface area contributed by atoms with Gasteiger partial charge >= 0.3 is 5.97 Å². The Morgan fingerprint density at radius 2 is 1.95 bits per heavy atom. The number of nitrogens with zero attached hydrogens (tertiary/aromatic N) is 2. The summed E-state index contributed by atoms with van der Waals surface area (Å²) in [5.74, 6) is 0.983. The Hall–Kier alpha value is -3.33. The van der Waals surface area contributed by atoms with E-state index in [9.17, 15) is 9.59 Å². The number of allylic oxidation sites excluding steroid dienone is 1. The van der Waals surface area contributed by atoms with E-state index in [0.717, 1.165) is 6.42 Å². The molecule has 0 N–H and O–H groups in total. The zero-order valence-corrected chi connectivity index (χ0v) is 25.0. The number of carbonyl (C=O) groups is 1. The van der Waals surface area contributed by atoms with Crippen LogP contribution in [0, 0.1) is 5.92 Å². The number of halogens is 2. The van der Waals surface area contributed by atoms with Crippen molar-refractivity contribution in [3.8, 4) is 11.5 Å². The quantitative estimate of drug-likeness (QED) is 0.220. The second-order valence-corrected chi connectivity index (χ2v) is 11.4. The van der Waals surface area contributed by atoms with Gasteiger partial charge in [-0.25, -0.2) is 9.79 Å². The predicted octanol–water partition coefficient (Wildman–Crippen LogP) is 5.70. The van der Waals surface area contributed by atoms with E-state index in [-0.39, 0.29) is 17.7 Å². The molecule has 0 saturated heterocycles. The molecule has 3 aromatic rings. The minimum absolute atomic E-state index is 0.0238. The summed E-state index contributed by atoms with van der Waals surface area (Å²) in [7, 11) is 1.55. The topological polar surface area (TPSA) is 79.1 Å². The van der Waals surface area contributed by atoms with Gasteiger partial charge in [0.25, 0.3) is 5.56 Å². The molecule has 210 valence electrons. The first kappa shape index (κ1) is 29.6. The highest BCUT2D eigenvalue weighted by atomic mass is 35.5. The molecule has 7 nitrogen and oxygen atoms in total. The van der Waals surface area contributed by atoms with Crippen molar-refractivity contribution in [2.75, 3.05) is 20.3 Å². The summed E-state index contributed by atoms with van der Waals surface area (Å²) in [5.41, 5.74) is 1.76. The fourth-order valence-corrected chi connectivity index (χ4v) is 5.60. The third-order valence-corrected chi connectivity index (χ3v) is 7.99. The number of methoxy groups -OCH3 is 1. The predicted molar refractivity (Wildman–Crippen MR) is 159 cm³/mol. The van der Waals surface area contributed by atoms with Crippen LogP contribution in [0.25, 0.3) is 6.08 Å². The molecule has 0 amide bonds. The van der Waals surface area contributed by atoms with Gasteiger partial charge < -0.3 is 14.2 Å². The van der Waals surface area contributed by atoms with Crippen LogP contribution in [0.1, 0.15) is 44.4 Å². The van der Waals surface area contributed by atoms with Crippen molar-refractivity contribution in [2.45, 2.75) is 33.2 Å². The lowest BCUT2D eigenvalue weighted by Gasteiger charge is -2.25. The van der Waals surface area contributed by atoms with Gasteiger partial charge in [0, 0.05) is 0 Å². The van der Waals surface area contributed by atoms with Gasteiger partial charge in [-0.3, -0.25) is 9.36 Å². The molecule has 1 aromatic heterocycles. The van der Waals surface area contributed by atoms with E-state index in [4.69, 9.17) is 37.4 Å². The summed E-state index contributed by atoms with van der Waals surface area (Å²) in [4.78, 5) is 32.2. The molecule has 0 fully saturated rings. The maximum atomic E-state index is 13.8. The monoisotopic (exact) mass is 600 g/mol. The number of hydrogen-bond donors (Lipinski definition) is 0. The van der Waals surface area contributed by atoms with Crippen LogP contribution in [-0.4, -0.2) is 30.9 Å². The fraction of sp³-hybridized carbons (Fsp3) is 0.300. The first-order valence-electron chi connectivity index (χ1n) is 12.7. The minimum Gasteiger partial charge on any atom is -0.493 e. The molecular weight excluding hydrogens is 571 g/mol. The Morgan fingerprint density at radius 1 is 1.18 bits per heavy atom. The van der Waals surface area contributed by atoms with Crippen molar-refractivity contribution < 1.29 is 19.0 Å². The molecule has 4 rings (SSSR count).